The van der Waals surface area contributed by atoms with Crippen LogP contribution in [0.3, 0.4) is 0 Å². The second-order valence-corrected chi connectivity index (χ2v) is 8.19. The molecule has 4 rings (SSSR count). The highest BCUT2D eigenvalue weighted by Gasteiger charge is 2.30. The van der Waals surface area contributed by atoms with E-state index in [-0.39, 0.29) is 11.0 Å². The van der Waals surface area contributed by atoms with Crippen LogP contribution in [0.2, 0.25) is 10.0 Å². The number of benzodiazepines with no additional fused rings is 1. The van der Waals surface area contributed by atoms with Crippen LogP contribution in [-0.4, -0.2) is 29.9 Å². The van der Waals surface area contributed by atoms with Crippen LogP contribution in [0.1, 0.15) is 11.1 Å². The van der Waals surface area contributed by atoms with Crippen molar-refractivity contribution in [2.75, 3.05) is 17.3 Å². The number of nitrogens with zero attached hydrogens (tertiary/aromatic N) is 2. The Morgan fingerprint density at radius 1 is 1.00 bits per heavy atom. The van der Waals surface area contributed by atoms with Crippen molar-refractivity contribution < 1.29 is 4.79 Å². The lowest BCUT2D eigenvalue weighted by Crippen LogP contribution is -2.47. The van der Waals surface area contributed by atoms with Crippen LogP contribution in [0, 0.1) is 0 Å². The standard InChI is InChI=1S/C23H18Cl2N4OS/c1-29-19-11-10-16(25)13-18(19)20(14-6-3-2-4-7-14)27-21(22(29)30)28-23(31)26-17-9-5-8-15(24)12-17/h2-13,21H,1H3,(H2,26,28,31). The van der Waals surface area contributed by atoms with E-state index in [1.807, 2.05) is 54.6 Å². The molecule has 156 valence electrons. The Morgan fingerprint density at radius 3 is 2.48 bits per heavy atom. The van der Waals surface area contributed by atoms with Gasteiger partial charge < -0.3 is 15.5 Å². The fourth-order valence-electron chi connectivity index (χ4n) is 3.32. The Labute approximate surface area is 195 Å². The van der Waals surface area contributed by atoms with Gasteiger partial charge in [0, 0.05) is 33.9 Å². The summed E-state index contributed by atoms with van der Waals surface area (Å²) in [6, 6.07) is 22.2. The molecule has 2 N–H and O–H groups in total. The van der Waals surface area contributed by atoms with Gasteiger partial charge in [-0.3, -0.25) is 4.79 Å². The molecule has 1 atom stereocenters. The number of carbonyl (C=O) groups excluding carboxylic acids is 1. The number of likely N-dealkylation sites (N-methyl/N-ethyl adjacent to an activating group) is 1. The molecule has 5 nitrogen and oxygen atoms in total. The lowest BCUT2D eigenvalue weighted by Gasteiger charge is -2.22. The molecule has 0 aromatic heterocycles. The van der Waals surface area contributed by atoms with Crippen LogP contribution in [0.15, 0.2) is 77.8 Å². The predicted octanol–water partition coefficient (Wildman–Crippen LogP) is 5.12. The van der Waals surface area contributed by atoms with Gasteiger partial charge in [-0.2, -0.15) is 0 Å². The lowest BCUT2D eigenvalue weighted by molar-refractivity contribution is -0.119. The zero-order chi connectivity index (χ0) is 22.0. The highest BCUT2D eigenvalue weighted by atomic mass is 35.5. The second-order valence-electron chi connectivity index (χ2n) is 6.91. The van der Waals surface area contributed by atoms with Crippen LogP contribution >= 0.6 is 35.4 Å². The molecule has 0 radical (unpaired) electrons. The average Bonchev–Trinajstić information content (AvgIpc) is 2.85. The lowest BCUT2D eigenvalue weighted by atomic mass is 10.0. The molecule has 8 heteroatoms. The molecule has 1 unspecified atom stereocenters. The van der Waals surface area contributed by atoms with Gasteiger partial charge in [0.2, 0.25) is 6.17 Å². The van der Waals surface area contributed by atoms with E-state index in [9.17, 15) is 4.79 Å². The maximum Gasteiger partial charge on any atom is 0.272 e. The van der Waals surface area contributed by atoms with Gasteiger partial charge in [0.25, 0.3) is 5.91 Å². The molecule has 0 spiro atoms. The molecule has 0 saturated heterocycles. The first-order valence-corrected chi connectivity index (χ1v) is 10.6. The minimum absolute atomic E-state index is 0.246. The third-order valence-electron chi connectivity index (χ3n) is 4.80. The van der Waals surface area contributed by atoms with Gasteiger partial charge in [-0.1, -0.05) is 59.6 Å². The molecule has 0 fully saturated rings. The van der Waals surface area contributed by atoms with Crippen LogP contribution in [0.5, 0.6) is 0 Å². The van der Waals surface area contributed by atoms with Crippen molar-refractivity contribution in [1.82, 2.24) is 5.32 Å². The number of carbonyl (C=O) groups is 1. The number of benzene rings is 3. The van der Waals surface area contributed by atoms with Crippen LogP contribution in [-0.2, 0) is 4.79 Å². The molecule has 3 aromatic carbocycles. The highest BCUT2D eigenvalue weighted by molar-refractivity contribution is 7.80. The third kappa shape index (κ3) is 4.71. The molecule has 1 aliphatic heterocycles. The molecular formula is C23H18Cl2N4OS. The molecule has 1 heterocycles. The number of aliphatic imine (C=N–C) groups is 1. The SMILES string of the molecule is CN1C(=O)C(NC(=S)Nc2cccc(Cl)c2)N=C(c2ccccc2)c2cc(Cl)ccc21. The molecule has 0 saturated carbocycles. The van der Waals surface area contributed by atoms with E-state index >= 15 is 0 Å². The zero-order valence-electron chi connectivity index (χ0n) is 16.5. The summed E-state index contributed by atoms with van der Waals surface area (Å²) < 4.78 is 0. The number of amides is 1. The Morgan fingerprint density at radius 2 is 1.74 bits per heavy atom. The van der Waals surface area contributed by atoms with E-state index in [4.69, 9.17) is 40.4 Å². The van der Waals surface area contributed by atoms with Crippen LogP contribution < -0.4 is 15.5 Å². The summed E-state index contributed by atoms with van der Waals surface area (Å²) in [4.78, 5) is 19.5. The number of rotatable bonds is 3. The number of anilines is 2. The number of hydrogen-bond acceptors (Lipinski definition) is 3. The number of nitrogens with one attached hydrogen (secondary N) is 2. The Bertz CT molecular complexity index is 1180. The van der Waals surface area contributed by atoms with E-state index in [0.717, 1.165) is 16.8 Å². The minimum atomic E-state index is -0.925. The molecule has 0 aliphatic carbocycles. The monoisotopic (exact) mass is 468 g/mol. The summed E-state index contributed by atoms with van der Waals surface area (Å²) >= 11 is 17.7. The molecule has 1 amide bonds. The van der Waals surface area contributed by atoms with Crippen molar-refractivity contribution in [3.05, 3.63) is 94.0 Å². The second kappa shape index (κ2) is 9.06. The molecule has 31 heavy (non-hydrogen) atoms. The van der Waals surface area contributed by atoms with E-state index in [1.54, 1.807) is 30.1 Å². The molecular weight excluding hydrogens is 451 g/mol. The minimum Gasteiger partial charge on any atom is -0.333 e. The molecule has 1 aliphatic rings. The smallest absolute Gasteiger partial charge is 0.272 e. The first-order chi connectivity index (χ1) is 14.9. The number of hydrogen-bond donors (Lipinski definition) is 2. The maximum absolute atomic E-state index is 13.2. The van der Waals surface area contributed by atoms with Gasteiger partial charge >= 0.3 is 0 Å². The van der Waals surface area contributed by atoms with Gasteiger partial charge in [0.15, 0.2) is 5.11 Å². The third-order valence-corrected chi connectivity index (χ3v) is 5.49. The van der Waals surface area contributed by atoms with Crippen molar-refractivity contribution in [3.63, 3.8) is 0 Å². The van der Waals surface area contributed by atoms with Crippen molar-refractivity contribution in [2.45, 2.75) is 6.17 Å². The predicted molar refractivity (Wildman–Crippen MR) is 132 cm³/mol. The first-order valence-electron chi connectivity index (χ1n) is 9.46. The fraction of sp³-hybridized carbons (Fsp3) is 0.0870. The fourth-order valence-corrected chi connectivity index (χ4v) is 3.92. The Kier molecular flexibility index (Phi) is 6.23. The van der Waals surface area contributed by atoms with Gasteiger partial charge in [-0.15, -0.1) is 0 Å². The van der Waals surface area contributed by atoms with Gasteiger partial charge in [-0.05, 0) is 48.6 Å². The Hall–Kier alpha value is -2.93. The number of thiocarbonyl (C=S) groups is 1. The summed E-state index contributed by atoms with van der Waals surface area (Å²) in [5.74, 6) is -0.246. The van der Waals surface area contributed by atoms with Gasteiger partial charge in [0.05, 0.1) is 11.4 Å². The highest BCUT2D eigenvalue weighted by Crippen LogP contribution is 2.30. The summed E-state index contributed by atoms with van der Waals surface area (Å²) in [5.41, 5.74) is 3.72. The number of fused-ring (bicyclic) bond motifs is 1. The maximum atomic E-state index is 13.2. The van der Waals surface area contributed by atoms with E-state index in [2.05, 4.69) is 10.6 Å². The number of halogens is 2. The van der Waals surface area contributed by atoms with Crippen molar-refractivity contribution >= 4 is 63.5 Å². The van der Waals surface area contributed by atoms with Crippen LogP contribution in [0.25, 0.3) is 0 Å². The van der Waals surface area contributed by atoms with Crippen molar-refractivity contribution in [1.29, 1.82) is 0 Å². The van der Waals surface area contributed by atoms with Gasteiger partial charge in [0.1, 0.15) is 0 Å². The van der Waals surface area contributed by atoms with Gasteiger partial charge in [-0.25, -0.2) is 4.99 Å². The van der Waals surface area contributed by atoms with E-state index in [0.29, 0.717) is 21.4 Å². The molecule has 0 bridgehead atoms. The summed E-state index contributed by atoms with van der Waals surface area (Å²) in [5, 5.41) is 7.47. The summed E-state index contributed by atoms with van der Waals surface area (Å²) in [6.07, 6.45) is -0.925. The molecule has 3 aromatic rings. The topological polar surface area (TPSA) is 56.7 Å². The summed E-state index contributed by atoms with van der Waals surface area (Å²) in [6.45, 7) is 0. The zero-order valence-corrected chi connectivity index (χ0v) is 18.8. The largest absolute Gasteiger partial charge is 0.333 e. The van der Waals surface area contributed by atoms with Crippen LogP contribution in [0.4, 0.5) is 11.4 Å². The van der Waals surface area contributed by atoms with Crippen molar-refractivity contribution in [2.24, 2.45) is 4.99 Å². The Balaban J connectivity index is 1.71. The normalized spacial score (nSPS) is 15.6. The quantitative estimate of drug-likeness (QED) is 0.523. The summed E-state index contributed by atoms with van der Waals surface area (Å²) in [7, 11) is 1.71. The first kappa shape index (κ1) is 21.3. The van der Waals surface area contributed by atoms with E-state index in [1.165, 1.54) is 0 Å². The van der Waals surface area contributed by atoms with Crippen molar-refractivity contribution in [3.8, 4) is 0 Å². The van der Waals surface area contributed by atoms with E-state index < -0.39 is 6.17 Å². The average molecular weight is 469 g/mol.